The van der Waals surface area contributed by atoms with Crippen LogP contribution in [0.15, 0.2) is 65.1 Å². The minimum atomic E-state index is -1.13. The van der Waals surface area contributed by atoms with Gasteiger partial charge in [0.05, 0.1) is 5.56 Å². The molecule has 4 aromatic rings. The fourth-order valence-corrected chi connectivity index (χ4v) is 5.89. The predicted octanol–water partition coefficient (Wildman–Crippen LogP) is 5.36. The summed E-state index contributed by atoms with van der Waals surface area (Å²) in [6.07, 6.45) is 2.33. The first-order valence-electron chi connectivity index (χ1n) is 13.2. The number of carbonyl (C=O) groups excluding carboxylic acids is 2. The number of rotatable bonds is 8. The number of amides is 3. The number of hydrogen-bond acceptors (Lipinski definition) is 4. The molecule has 9 heteroatoms. The number of furan rings is 1. The number of fused-ring (bicyclic) bond motifs is 1. The van der Waals surface area contributed by atoms with Crippen LogP contribution in [-0.2, 0) is 6.42 Å². The second-order valence-electron chi connectivity index (χ2n) is 10.7. The number of carboxylic acid groups (broad SMARTS) is 1. The molecule has 0 atom stereocenters. The molecule has 1 heterocycles. The van der Waals surface area contributed by atoms with E-state index < -0.39 is 11.9 Å². The van der Waals surface area contributed by atoms with Gasteiger partial charge in [-0.1, -0.05) is 12.1 Å². The van der Waals surface area contributed by atoms with E-state index >= 15 is 0 Å². The fourth-order valence-electron chi connectivity index (χ4n) is 5.89. The van der Waals surface area contributed by atoms with E-state index in [1.165, 1.54) is 19.2 Å². The third kappa shape index (κ3) is 4.57. The van der Waals surface area contributed by atoms with E-state index in [0.717, 1.165) is 41.9 Å². The van der Waals surface area contributed by atoms with Crippen molar-refractivity contribution in [2.45, 2.75) is 31.2 Å². The molecule has 0 aliphatic heterocycles. The van der Waals surface area contributed by atoms with Gasteiger partial charge in [0, 0.05) is 35.6 Å². The predicted molar refractivity (Wildman–Crippen MR) is 148 cm³/mol. The van der Waals surface area contributed by atoms with E-state index in [9.17, 15) is 18.8 Å². The molecule has 204 valence electrons. The highest BCUT2D eigenvalue weighted by atomic mass is 19.1. The average molecular weight is 542 g/mol. The minimum absolute atomic E-state index is 0.0553. The molecule has 0 unspecified atom stereocenters. The van der Waals surface area contributed by atoms with E-state index in [1.807, 2.05) is 24.3 Å². The van der Waals surface area contributed by atoms with Crippen LogP contribution < -0.4 is 16.0 Å². The summed E-state index contributed by atoms with van der Waals surface area (Å²) in [5.41, 5.74) is 4.03. The summed E-state index contributed by atoms with van der Waals surface area (Å²) >= 11 is 0. The summed E-state index contributed by atoms with van der Waals surface area (Å²) in [5, 5.41) is 17.9. The Bertz CT molecular complexity index is 1640. The lowest BCUT2D eigenvalue weighted by atomic mass is 9.50. The van der Waals surface area contributed by atoms with Crippen molar-refractivity contribution in [2.24, 2.45) is 5.92 Å². The first kappa shape index (κ1) is 25.6. The molecule has 3 amide bonds. The molecular formula is C31H28FN3O5. The molecule has 0 radical (unpaired) electrons. The molecule has 0 saturated heterocycles. The Hall–Kier alpha value is -4.66. The third-order valence-corrected chi connectivity index (χ3v) is 8.00. The normalized spacial score (nSPS) is 18.9. The highest BCUT2D eigenvalue weighted by Crippen LogP contribution is 2.57. The Labute approximate surface area is 229 Å². The number of benzene rings is 3. The van der Waals surface area contributed by atoms with Crippen LogP contribution in [0, 0.1) is 11.7 Å². The average Bonchev–Trinajstić information content (AvgIpc) is 3.27. The third-order valence-electron chi connectivity index (χ3n) is 8.00. The van der Waals surface area contributed by atoms with Crippen LogP contribution in [0.2, 0.25) is 0 Å². The summed E-state index contributed by atoms with van der Waals surface area (Å²) < 4.78 is 19.8. The van der Waals surface area contributed by atoms with E-state index in [2.05, 4.69) is 16.0 Å². The number of carbonyl (C=O) groups is 3. The van der Waals surface area contributed by atoms with Crippen LogP contribution in [0.3, 0.4) is 0 Å². The van der Waals surface area contributed by atoms with Gasteiger partial charge >= 0.3 is 6.09 Å². The maximum atomic E-state index is 13.6. The van der Waals surface area contributed by atoms with Crippen molar-refractivity contribution in [3.05, 3.63) is 83.2 Å². The summed E-state index contributed by atoms with van der Waals surface area (Å²) in [7, 11) is 1.52. The molecule has 2 bridgehead atoms. The van der Waals surface area contributed by atoms with Gasteiger partial charge in [-0.15, -0.1) is 0 Å². The summed E-state index contributed by atoms with van der Waals surface area (Å²) in [6.45, 7) is 0.158. The summed E-state index contributed by atoms with van der Waals surface area (Å²) in [6, 6.07) is 16.6. The number of hydrogen-bond donors (Lipinski definition) is 4. The monoisotopic (exact) mass is 541 g/mol. The standard InChI is InChI=1S/C31H28FN3O5/c1-33-29(37)26-24-13-23(19-3-2-4-21(11-19)28(36)35-31-14-17(15-31)16-31)20(9-10-34-30(38)39)12-25(24)40-27(26)18-5-7-22(32)8-6-18/h2-8,11-13,17,34H,9-10,14-16H2,1H3,(H,33,37)(H,35,36)(H,38,39). The van der Waals surface area contributed by atoms with E-state index in [0.29, 0.717) is 39.8 Å². The number of halogens is 1. The molecule has 40 heavy (non-hydrogen) atoms. The SMILES string of the molecule is CNC(=O)c1c(-c2ccc(F)cc2)oc2cc(CCNC(=O)O)c(-c3cccc(C(=O)NC45CC(C4)C5)c3)cc12. The van der Waals surface area contributed by atoms with Crippen LogP contribution in [0.25, 0.3) is 33.4 Å². The van der Waals surface area contributed by atoms with Crippen molar-refractivity contribution in [3.63, 3.8) is 0 Å². The molecule has 3 fully saturated rings. The molecule has 3 aromatic carbocycles. The van der Waals surface area contributed by atoms with Crippen molar-refractivity contribution >= 4 is 28.9 Å². The number of nitrogens with one attached hydrogen (secondary N) is 3. The molecule has 1 aromatic heterocycles. The molecule has 3 aliphatic carbocycles. The van der Waals surface area contributed by atoms with Crippen molar-refractivity contribution in [1.82, 2.24) is 16.0 Å². The lowest BCUT2D eigenvalue weighted by Gasteiger charge is -2.61. The maximum absolute atomic E-state index is 13.6. The Morgan fingerprint density at radius 3 is 2.40 bits per heavy atom. The first-order valence-corrected chi connectivity index (χ1v) is 13.2. The van der Waals surface area contributed by atoms with Gasteiger partial charge in [0.25, 0.3) is 11.8 Å². The van der Waals surface area contributed by atoms with Crippen molar-refractivity contribution in [3.8, 4) is 22.5 Å². The van der Waals surface area contributed by atoms with Crippen molar-refractivity contribution in [1.29, 1.82) is 0 Å². The van der Waals surface area contributed by atoms with Gasteiger partial charge in [-0.05, 0) is 96.8 Å². The van der Waals surface area contributed by atoms with E-state index in [4.69, 9.17) is 9.52 Å². The highest BCUT2D eigenvalue weighted by Gasteiger charge is 2.57. The maximum Gasteiger partial charge on any atom is 0.404 e. The van der Waals surface area contributed by atoms with E-state index in [1.54, 1.807) is 24.3 Å². The largest absolute Gasteiger partial charge is 0.465 e. The molecule has 7 rings (SSSR count). The van der Waals surface area contributed by atoms with Crippen LogP contribution in [0.1, 0.15) is 45.5 Å². The molecular weight excluding hydrogens is 513 g/mol. The Morgan fingerprint density at radius 2 is 1.75 bits per heavy atom. The van der Waals surface area contributed by atoms with Crippen LogP contribution >= 0.6 is 0 Å². The van der Waals surface area contributed by atoms with Gasteiger partial charge in [0.2, 0.25) is 0 Å². The zero-order valence-electron chi connectivity index (χ0n) is 21.8. The zero-order valence-corrected chi connectivity index (χ0v) is 21.8. The van der Waals surface area contributed by atoms with Crippen molar-refractivity contribution in [2.75, 3.05) is 13.6 Å². The van der Waals surface area contributed by atoms with Crippen LogP contribution in [0.5, 0.6) is 0 Å². The second-order valence-corrected chi connectivity index (χ2v) is 10.7. The van der Waals surface area contributed by atoms with Gasteiger partial charge in [-0.3, -0.25) is 9.59 Å². The lowest BCUT2D eigenvalue weighted by molar-refractivity contribution is -0.0438. The Balaban J connectivity index is 1.46. The van der Waals surface area contributed by atoms with E-state index in [-0.39, 0.29) is 23.9 Å². The van der Waals surface area contributed by atoms with Gasteiger partial charge in [-0.2, -0.15) is 0 Å². The quantitative estimate of drug-likeness (QED) is 0.239. The molecule has 3 saturated carbocycles. The van der Waals surface area contributed by atoms with Gasteiger partial charge in [-0.25, -0.2) is 9.18 Å². The molecule has 3 aliphatic rings. The van der Waals surface area contributed by atoms with Crippen LogP contribution in [-0.4, -0.2) is 42.1 Å². The minimum Gasteiger partial charge on any atom is -0.465 e. The summed E-state index contributed by atoms with van der Waals surface area (Å²) in [5.74, 6) is 0.145. The van der Waals surface area contributed by atoms with Crippen LogP contribution in [0.4, 0.5) is 9.18 Å². The topological polar surface area (TPSA) is 121 Å². The summed E-state index contributed by atoms with van der Waals surface area (Å²) in [4.78, 5) is 37.3. The second kappa shape index (κ2) is 9.82. The molecule has 8 nitrogen and oxygen atoms in total. The van der Waals surface area contributed by atoms with Crippen molar-refractivity contribution < 1.29 is 28.3 Å². The zero-order chi connectivity index (χ0) is 28.0. The Morgan fingerprint density at radius 1 is 1.00 bits per heavy atom. The van der Waals surface area contributed by atoms with Gasteiger partial charge < -0.3 is 25.5 Å². The molecule has 4 N–H and O–H groups in total. The highest BCUT2D eigenvalue weighted by molar-refractivity contribution is 6.12. The fraction of sp³-hybridized carbons (Fsp3) is 0.258. The molecule has 0 spiro atoms. The lowest BCUT2D eigenvalue weighted by Crippen LogP contribution is -2.68. The smallest absolute Gasteiger partial charge is 0.404 e. The first-order chi connectivity index (χ1) is 19.2. The van der Waals surface area contributed by atoms with Gasteiger partial charge in [0.1, 0.15) is 17.2 Å². The van der Waals surface area contributed by atoms with Gasteiger partial charge in [0.15, 0.2) is 0 Å². The Kier molecular flexibility index (Phi) is 6.29.